The minimum Gasteiger partial charge on any atom is -0.388 e. The quantitative estimate of drug-likeness (QED) is 0.602. The fourth-order valence-electron chi connectivity index (χ4n) is 3.58. The molecule has 0 spiro atoms. The fraction of sp³-hybridized carbons (Fsp3) is 0.632. The molecule has 1 atom stereocenters. The topological polar surface area (TPSA) is 24.4 Å². The Morgan fingerprint density at radius 2 is 1.81 bits per heavy atom. The van der Waals surface area contributed by atoms with Crippen molar-refractivity contribution in [3.8, 4) is 0 Å². The Kier molecular flexibility index (Phi) is 6.94. The zero-order valence-electron chi connectivity index (χ0n) is 14.8. The molecule has 2 nitrogen and oxygen atoms in total. The van der Waals surface area contributed by atoms with Gasteiger partial charge in [-0.2, -0.15) is 0 Å². The van der Waals surface area contributed by atoms with E-state index in [1.54, 1.807) is 0 Å². The van der Waals surface area contributed by atoms with Gasteiger partial charge in [0.25, 0.3) is 0 Å². The van der Waals surface area contributed by atoms with Crippen LogP contribution < -0.4 is 5.32 Å². The SMILES string of the molecule is C=Nc1c(CCC)c(NC)c(C)c(CC)c1[C@H](C)CCC. The van der Waals surface area contributed by atoms with Gasteiger partial charge in [-0.1, -0.05) is 40.5 Å². The molecular formula is C19H32N2. The highest BCUT2D eigenvalue weighted by Gasteiger charge is 2.22. The van der Waals surface area contributed by atoms with Crippen molar-refractivity contribution in [2.24, 2.45) is 4.99 Å². The fourth-order valence-corrected chi connectivity index (χ4v) is 3.58. The van der Waals surface area contributed by atoms with Crippen LogP contribution in [0.3, 0.4) is 0 Å². The summed E-state index contributed by atoms with van der Waals surface area (Å²) in [6.45, 7) is 15.2. The summed E-state index contributed by atoms with van der Waals surface area (Å²) in [7, 11) is 2.02. The van der Waals surface area contributed by atoms with Crippen molar-refractivity contribution in [2.45, 2.75) is 72.6 Å². The molecule has 0 aliphatic carbocycles. The number of hydrogen-bond donors (Lipinski definition) is 1. The van der Waals surface area contributed by atoms with Crippen LogP contribution in [-0.2, 0) is 12.8 Å². The second kappa shape index (κ2) is 8.21. The number of aliphatic imine (C=N–C) groups is 1. The van der Waals surface area contributed by atoms with Crippen LogP contribution >= 0.6 is 0 Å². The number of benzene rings is 1. The minimum atomic E-state index is 0.547. The van der Waals surface area contributed by atoms with Gasteiger partial charge in [0, 0.05) is 18.3 Å². The molecule has 0 bridgehead atoms. The molecule has 0 radical (unpaired) electrons. The van der Waals surface area contributed by atoms with Crippen molar-refractivity contribution in [1.29, 1.82) is 0 Å². The first-order chi connectivity index (χ1) is 10.1. The van der Waals surface area contributed by atoms with E-state index in [-0.39, 0.29) is 0 Å². The van der Waals surface area contributed by atoms with E-state index in [1.165, 1.54) is 40.8 Å². The maximum Gasteiger partial charge on any atom is 0.0712 e. The molecule has 21 heavy (non-hydrogen) atoms. The Hall–Kier alpha value is -1.31. The second-order valence-corrected chi connectivity index (χ2v) is 5.92. The molecule has 0 saturated heterocycles. The monoisotopic (exact) mass is 288 g/mol. The summed E-state index contributed by atoms with van der Waals surface area (Å²) < 4.78 is 0. The molecule has 0 unspecified atom stereocenters. The van der Waals surface area contributed by atoms with Gasteiger partial charge in [0.05, 0.1) is 5.69 Å². The maximum absolute atomic E-state index is 4.46. The standard InChI is InChI=1S/C19H32N2/c1-8-11-13(4)17-15(10-3)14(5)18(20-6)16(12-9-2)19(17)21-7/h13,20H,7-12H2,1-6H3/t13-/m1/s1. The van der Waals surface area contributed by atoms with Gasteiger partial charge in [-0.15, -0.1) is 0 Å². The Bertz CT molecular complexity index is 489. The van der Waals surface area contributed by atoms with E-state index in [0.29, 0.717) is 5.92 Å². The Labute approximate surface area is 131 Å². The molecule has 0 aliphatic heterocycles. The Balaban J connectivity index is 3.69. The highest BCUT2D eigenvalue weighted by Crippen LogP contribution is 2.43. The first kappa shape index (κ1) is 17.7. The van der Waals surface area contributed by atoms with Crippen molar-refractivity contribution in [2.75, 3.05) is 12.4 Å². The van der Waals surface area contributed by atoms with Crippen LogP contribution in [0.25, 0.3) is 0 Å². The molecule has 0 aromatic heterocycles. The molecule has 0 amide bonds. The van der Waals surface area contributed by atoms with Crippen molar-refractivity contribution in [3.05, 3.63) is 22.3 Å². The summed E-state index contributed by atoms with van der Waals surface area (Å²) in [5.41, 5.74) is 8.06. The molecule has 0 saturated carbocycles. The number of anilines is 1. The zero-order chi connectivity index (χ0) is 16.0. The third-order valence-electron chi connectivity index (χ3n) is 4.47. The van der Waals surface area contributed by atoms with Gasteiger partial charge in [0.15, 0.2) is 0 Å². The first-order valence-corrected chi connectivity index (χ1v) is 8.39. The third-order valence-corrected chi connectivity index (χ3v) is 4.47. The maximum atomic E-state index is 4.46. The Morgan fingerprint density at radius 1 is 1.14 bits per heavy atom. The molecule has 1 aromatic carbocycles. The molecule has 2 heteroatoms. The summed E-state index contributed by atoms with van der Waals surface area (Å²) in [4.78, 5) is 4.46. The van der Waals surface area contributed by atoms with Crippen molar-refractivity contribution >= 4 is 18.1 Å². The number of hydrogen-bond acceptors (Lipinski definition) is 2. The van der Waals surface area contributed by atoms with Gasteiger partial charge in [-0.05, 0) is 55.5 Å². The van der Waals surface area contributed by atoms with Gasteiger partial charge in [0.1, 0.15) is 0 Å². The van der Waals surface area contributed by atoms with Crippen molar-refractivity contribution < 1.29 is 0 Å². The second-order valence-electron chi connectivity index (χ2n) is 5.92. The van der Waals surface area contributed by atoms with E-state index in [9.17, 15) is 0 Å². The molecule has 1 N–H and O–H groups in total. The molecular weight excluding hydrogens is 256 g/mol. The lowest BCUT2D eigenvalue weighted by atomic mass is 9.83. The summed E-state index contributed by atoms with van der Waals surface area (Å²) in [5.74, 6) is 0.547. The normalized spacial score (nSPS) is 12.3. The number of nitrogens with zero attached hydrogens (tertiary/aromatic N) is 1. The highest BCUT2D eigenvalue weighted by molar-refractivity contribution is 5.75. The lowest BCUT2D eigenvalue weighted by molar-refractivity contribution is 0.657. The van der Waals surface area contributed by atoms with Gasteiger partial charge in [-0.25, -0.2) is 0 Å². The first-order valence-electron chi connectivity index (χ1n) is 8.39. The lowest BCUT2D eigenvalue weighted by Crippen LogP contribution is -2.09. The van der Waals surface area contributed by atoms with Gasteiger partial charge in [-0.3, -0.25) is 4.99 Å². The number of nitrogens with one attached hydrogen (secondary N) is 1. The molecule has 118 valence electrons. The van der Waals surface area contributed by atoms with E-state index >= 15 is 0 Å². The van der Waals surface area contributed by atoms with Crippen LogP contribution in [0.5, 0.6) is 0 Å². The van der Waals surface area contributed by atoms with Gasteiger partial charge in [0.2, 0.25) is 0 Å². The molecule has 0 heterocycles. The van der Waals surface area contributed by atoms with E-state index in [1.807, 2.05) is 7.05 Å². The predicted molar refractivity (Wildman–Crippen MR) is 96.6 cm³/mol. The highest BCUT2D eigenvalue weighted by atomic mass is 14.8. The van der Waals surface area contributed by atoms with Gasteiger partial charge < -0.3 is 5.32 Å². The zero-order valence-corrected chi connectivity index (χ0v) is 14.8. The molecule has 1 rings (SSSR count). The summed E-state index contributed by atoms with van der Waals surface area (Å²) >= 11 is 0. The van der Waals surface area contributed by atoms with E-state index in [2.05, 4.69) is 51.6 Å². The summed E-state index contributed by atoms with van der Waals surface area (Å²) in [5, 5.41) is 3.41. The number of rotatable bonds is 8. The van der Waals surface area contributed by atoms with Crippen LogP contribution in [-0.4, -0.2) is 13.8 Å². The van der Waals surface area contributed by atoms with E-state index in [4.69, 9.17) is 0 Å². The summed E-state index contributed by atoms with van der Waals surface area (Å²) in [6.07, 6.45) is 5.65. The van der Waals surface area contributed by atoms with Crippen LogP contribution in [0.2, 0.25) is 0 Å². The van der Waals surface area contributed by atoms with E-state index in [0.717, 1.165) is 24.9 Å². The minimum absolute atomic E-state index is 0.547. The molecule has 0 fully saturated rings. The lowest BCUT2D eigenvalue weighted by Gasteiger charge is -2.26. The summed E-state index contributed by atoms with van der Waals surface area (Å²) in [6, 6.07) is 0. The van der Waals surface area contributed by atoms with E-state index < -0.39 is 0 Å². The van der Waals surface area contributed by atoms with Gasteiger partial charge >= 0.3 is 0 Å². The largest absolute Gasteiger partial charge is 0.388 e. The molecule has 0 aliphatic rings. The van der Waals surface area contributed by atoms with Crippen LogP contribution in [0.4, 0.5) is 11.4 Å². The average Bonchev–Trinajstić information content (AvgIpc) is 2.47. The Morgan fingerprint density at radius 3 is 2.24 bits per heavy atom. The smallest absolute Gasteiger partial charge is 0.0712 e. The predicted octanol–water partition coefficient (Wildman–Crippen LogP) is 5.79. The van der Waals surface area contributed by atoms with Crippen LogP contribution in [0, 0.1) is 6.92 Å². The van der Waals surface area contributed by atoms with Crippen LogP contribution in [0.15, 0.2) is 4.99 Å². The average molecular weight is 288 g/mol. The third kappa shape index (κ3) is 3.48. The van der Waals surface area contributed by atoms with Crippen LogP contribution in [0.1, 0.15) is 75.1 Å². The van der Waals surface area contributed by atoms with Crippen molar-refractivity contribution in [1.82, 2.24) is 0 Å². The molecule has 1 aromatic rings. The van der Waals surface area contributed by atoms with Crippen molar-refractivity contribution in [3.63, 3.8) is 0 Å².